The molecular weight excluding hydrogens is 440 g/mol. The zero-order chi connectivity index (χ0) is 25.1. The summed E-state index contributed by atoms with van der Waals surface area (Å²) in [6.07, 6.45) is -1.25. The van der Waals surface area contributed by atoms with Crippen molar-refractivity contribution in [1.29, 1.82) is 0 Å². The summed E-state index contributed by atoms with van der Waals surface area (Å²) in [5, 5.41) is 22.3. The Kier molecular flexibility index (Phi) is 10.7. The van der Waals surface area contributed by atoms with Gasteiger partial charge in [-0.25, -0.2) is 0 Å². The first-order chi connectivity index (χ1) is 15.4. The summed E-state index contributed by atoms with van der Waals surface area (Å²) in [4.78, 5) is 84.2. The van der Waals surface area contributed by atoms with Gasteiger partial charge in [-0.1, -0.05) is 13.8 Å². The summed E-state index contributed by atoms with van der Waals surface area (Å²) < 4.78 is 0. The smallest absolute Gasteiger partial charge is 0.243 e. The second-order valence-electron chi connectivity index (χ2n) is 7.95. The predicted octanol–water partition coefficient (Wildman–Crippen LogP) is -4.86. The Morgan fingerprint density at radius 1 is 0.879 bits per heavy atom. The monoisotopic (exact) mass is 469 g/mol. The van der Waals surface area contributed by atoms with Crippen LogP contribution in [0.4, 0.5) is 0 Å². The molecule has 0 aliphatic carbocycles. The van der Waals surface area contributed by atoms with Crippen LogP contribution in [0.2, 0.25) is 0 Å². The van der Waals surface area contributed by atoms with Crippen molar-refractivity contribution in [2.45, 2.75) is 57.7 Å². The molecule has 6 amide bonds. The predicted molar refractivity (Wildman–Crippen MR) is 109 cm³/mol. The van der Waals surface area contributed by atoms with Crippen molar-refractivity contribution in [3.8, 4) is 0 Å². The number of primary amides is 1. The molecule has 0 aromatic carbocycles. The van der Waals surface area contributed by atoms with E-state index in [0.717, 1.165) is 0 Å². The fraction of sp³-hybridized carbons (Fsp3) is 0.632. The first kappa shape index (κ1) is 27.3. The summed E-state index contributed by atoms with van der Waals surface area (Å²) in [5.41, 5.74) is 5.15. The molecule has 0 unspecified atom stereocenters. The Bertz CT molecular complexity index is 799. The van der Waals surface area contributed by atoms with Gasteiger partial charge in [0.2, 0.25) is 35.4 Å². The number of carbonyl (C=O) groups is 7. The van der Waals surface area contributed by atoms with Gasteiger partial charge < -0.3 is 42.2 Å². The third-order valence-corrected chi connectivity index (χ3v) is 4.53. The molecule has 14 heteroatoms. The highest BCUT2D eigenvalue weighted by Gasteiger charge is 2.30. The molecule has 0 radical (unpaired) electrons. The lowest BCUT2D eigenvalue weighted by Gasteiger charge is -2.23. The molecule has 0 saturated carbocycles. The largest absolute Gasteiger partial charge is 0.550 e. The molecule has 0 aromatic rings. The lowest BCUT2D eigenvalue weighted by molar-refractivity contribution is -0.305. The number of hydrogen-bond acceptors (Lipinski definition) is 8. The van der Waals surface area contributed by atoms with Crippen molar-refractivity contribution >= 4 is 41.4 Å². The number of carbonyl (C=O) groups excluding carboxylic acids is 7. The molecule has 0 aromatic heterocycles. The van der Waals surface area contributed by atoms with Crippen LogP contribution in [0.5, 0.6) is 0 Å². The van der Waals surface area contributed by atoms with Gasteiger partial charge in [-0.2, -0.15) is 0 Å². The van der Waals surface area contributed by atoms with Gasteiger partial charge in [-0.15, -0.1) is 0 Å². The number of carboxylic acid groups (broad SMARTS) is 1. The Hall–Kier alpha value is -3.71. The first-order valence-corrected chi connectivity index (χ1v) is 10.3. The topological polar surface area (TPSA) is 229 Å². The Morgan fingerprint density at radius 3 is 1.88 bits per heavy atom. The fourth-order valence-corrected chi connectivity index (χ4v) is 2.99. The maximum atomic E-state index is 12.7. The van der Waals surface area contributed by atoms with Crippen LogP contribution in [-0.2, 0) is 33.6 Å². The van der Waals surface area contributed by atoms with Crippen molar-refractivity contribution in [3.63, 3.8) is 0 Å². The van der Waals surface area contributed by atoms with Gasteiger partial charge in [-0.3, -0.25) is 28.8 Å². The van der Waals surface area contributed by atoms with E-state index in [1.54, 1.807) is 13.8 Å². The average molecular weight is 469 g/mol. The van der Waals surface area contributed by atoms with Gasteiger partial charge in [-0.05, 0) is 25.2 Å². The zero-order valence-electron chi connectivity index (χ0n) is 18.4. The van der Waals surface area contributed by atoms with Crippen LogP contribution in [0.1, 0.15) is 39.5 Å². The Morgan fingerprint density at radius 2 is 1.39 bits per heavy atom. The second-order valence-corrected chi connectivity index (χ2v) is 7.95. The SMILES string of the molecule is CC(C)C[C@@H]1NC(=O)CNC(=O)[C@H](CCC(=O)[O-])NC(=O)CNC(=O)[C@H](CC(N)=O)NC1=O. The molecule has 7 N–H and O–H groups in total. The molecule has 1 rings (SSSR count). The molecule has 0 bridgehead atoms. The van der Waals surface area contributed by atoms with Gasteiger partial charge in [0.05, 0.1) is 19.5 Å². The van der Waals surface area contributed by atoms with E-state index in [1.165, 1.54) is 0 Å². The third-order valence-electron chi connectivity index (χ3n) is 4.53. The van der Waals surface area contributed by atoms with Crippen molar-refractivity contribution < 1.29 is 38.7 Å². The molecule has 1 fully saturated rings. The van der Waals surface area contributed by atoms with Crippen molar-refractivity contribution in [2.75, 3.05) is 13.1 Å². The van der Waals surface area contributed by atoms with Crippen LogP contribution >= 0.6 is 0 Å². The number of carboxylic acids is 1. The summed E-state index contributed by atoms with van der Waals surface area (Å²) in [5.74, 6) is -6.44. The second kappa shape index (κ2) is 13.0. The van der Waals surface area contributed by atoms with Crippen molar-refractivity contribution in [3.05, 3.63) is 0 Å². The average Bonchev–Trinajstić information content (AvgIpc) is 2.70. The van der Waals surface area contributed by atoms with Crippen LogP contribution in [0, 0.1) is 5.92 Å². The Labute approximate surface area is 189 Å². The van der Waals surface area contributed by atoms with Gasteiger partial charge in [0.1, 0.15) is 18.1 Å². The van der Waals surface area contributed by atoms with E-state index in [4.69, 9.17) is 5.73 Å². The Balaban J connectivity index is 3.16. The van der Waals surface area contributed by atoms with Crippen LogP contribution in [0.25, 0.3) is 0 Å². The quantitative estimate of drug-likeness (QED) is 0.211. The molecule has 1 aliphatic heterocycles. The minimum absolute atomic E-state index is 0.0445. The number of nitrogens with two attached hydrogens (primary N) is 1. The molecule has 1 aliphatic rings. The standard InChI is InChI=1S/C19H30N6O8/c1-9(2)5-11-19(33)25-12(6-13(20)26)18(32)22-7-14(27)23-10(3-4-16(29)30)17(31)21-8-15(28)24-11/h9-12H,3-8H2,1-2H3,(H2,20,26)(H,21,31)(H,22,32)(H,23,27)(H,24,28)(H,25,33)(H,29,30)/p-1/t10-,11-,12-/m0/s1. The molecule has 1 saturated heterocycles. The maximum Gasteiger partial charge on any atom is 0.243 e. The minimum atomic E-state index is -1.45. The molecule has 0 spiro atoms. The number of nitrogens with one attached hydrogen (secondary N) is 5. The van der Waals surface area contributed by atoms with Gasteiger partial charge in [0.15, 0.2) is 0 Å². The van der Waals surface area contributed by atoms with Crippen LogP contribution < -0.4 is 37.4 Å². The van der Waals surface area contributed by atoms with E-state index in [-0.39, 0.29) is 18.8 Å². The lowest BCUT2D eigenvalue weighted by atomic mass is 10.0. The van der Waals surface area contributed by atoms with Gasteiger partial charge in [0.25, 0.3) is 0 Å². The van der Waals surface area contributed by atoms with Crippen molar-refractivity contribution in [1.82, 2.24) is 26.6 Å². The van der Waals surface area contributed by atoms with E-state index in [0.29, 0.717) is 0 Å². The number of amides is 6. The summed E-state index contributed by atoms with van der Waals surface area (Å²) in [7, 11) is 0. The molecule has 3 atom stereocenters. The zero-order valence-corrected chi connectivity index (χ0v) is 18.4. The highest BCUT2D eigenvalue weighted by Crippen LogP contribution is 2.06. The molecule has 184 valence electrons. The van der Waals surface area contributed by atoms with Crippen molar-refractivity contribution in [2.24, 2.45) is 11.7 Å². The van der Waals surface area contributed by atoms with Crippen LogP contribution in [-0.4, -0.2) is 72.6 Å². The summed E-state index contributed by atoms with van der Waals surface area (Å²) >= 11 is 0. The highest BCUT2D eigenvalue weighted by molar-refractivity contribution is 5.97. The normalized spacial score (nSPS) is 23.2. The van der Waals surface area contributed by atoms with E-state index in [2.05, 4.69) is 26.6 Å². The van der Waals surface area contributed by atoms with Crippen LogP contribution in [0.15, 0.2) is 0 Å². The van der Waals surface area contributed by atoms with E-state index in [1.807, 2.05) is 0 Å². The maximum absolute atomic E-state index is 12.7. The van der Waals surface area contributed by atoms with Gasteiger partial charge >= 0.3 is 0 Å². The first-order valence-electron chi connectivity index (χ1n) is 10.3. The number of rotatable bonds is 7. The summed E-state index contributed by atoms with van der Waals surface area (Å²) in [6, 6.07) is -3.82. The number of hydrogen-bond donors (Lipinski definition) is 6. The van der Waals surface area contributed by atoms with Gasteiger partial charge in [0, 0.05) is 5.97 Å². The molecular formula is C19H29N6O8-. The fourth-order valence-electron chi connectivity index (χ4n) is 2.99. The molecule has 14 nitrogen and oxygen atoms in total. The van der Waals surface area contributed by atoms with E-state index >= 15 is 0 Å². The highest BCUT2D eigenvalue weighted by atomic mass is 16.4. The van der Waals surface area contributed by atoms with E-state index < -0.39 is 85.5 Å². The molecule has 33 heavy (non-hydrogen) atoms. The lowest BCUT2D eigenvalue weighted by Crippen LogP contribution is -2.56. The van der Waals surface area contributed by atoms with E-state index in [9.17, 15) is 38.7 Å². The third kappa shape index (κ3) is 10.4. The minimum Gasteiger partial charge on any atom is -0.550 e. The molecule has 1 heterocycles. The number of aliphatic carboxylic acids is 1. The van der Waals surface area contributed by atoms with Crippen LogP contribution in [0.3, 0.4) is 0 Å². The summed E-state index contributed by atoms with van der Waals surface area (Å²) in [6.45, 7) is 2.40.